The lowest BCUT2D eigenvalue weighted by molar-refractivity contribution is 0.199. The number of nitrogens with zero attached hydrogens (tertiary/aromatic N) is 3. The Labute approximate surface area is 109 Å². The van der Waals surface area contributed by atoms with Crippen LogP contribution >= 0.6 is 0 Å². The molecule has 1 aromatic carbocycles. The van der Waals surface area contributed by atoms with Crippen molar-refractivity contribution in [1.29, 1.82) is 5.26 Å². The lowest BCUT2D eigenvalue weighted by Crippen LogP contribution is -2.51. The van der Waals surface area contributed by atoms with Crippen molar-refractivity contribution >= 4 is 11.4 Å². The lowest BCUT2D eigenvalue weighted by atomic mass is 10.1. The molecular weight excluding hydrogens is 224 g/mol. The van der Waals surface area contributed by atoms with Gasteiger partial charge in [-0.05, 0) is 31.7 Å². The molecule has 1 saturated heterocycles. The van der Waals surface area contributed by atoms with Crippen LogP contribution in [0.1, 0.15) is 19.4 Å². The molecule has 18 heavy (non-hydrogen) atoms. The first-order valence-electron chi connectivity index (χ1n) is 6.44. The molecule has 0 spiro atoms. The van der Waals surface area contributed by atoms with Gasteiger partial charge in [0.1, 0.15) is 6.07 Å². The molecule has 1 heterocycles. The number of nitrogen functional groups attached to an aromatic ring is 1. The van der Waals surface area contributed by atoms with E-state index < -0.39 is 0 Å². The molecule has 2 N–H and O–H groups in total. The summed E-state index contributed by atoms with van der Waals surface area (Å²) in [5.41, 5.74) is 8.11. The van der Waals surface area contributed by atoms with E-state index in [1.54, 1.807) is 0 Å². The molecule has 0 aromatic heterocycles. The molecule has 1 aromatic rings. The van der Waals surface area contributed by atoms with Crippen molar-refractivity contribution in [1.82, 2.24) is 4.90 Å². The quantitative estimate of drug-likeness (QED) is 0.804. The molecule has 2 rings (SSSR count). The normalized spacial score (nSPS) is 20.7. The van der Waals surface area contributed by atoms with Crippen LogP contribution in [0.5, 0.6) is 0 Å². The topological polar surface area (TPSA) is 56.3 Å². The van der Waals surface area contributed by atoms with Gasteiger partial charge in [-0.15, -0.1) is 0 Å². The summed E-state index contributed by atoms with van der Waals surface area (Å²) in [5, 5.41) is 8.88. The molecule has 1 aliphatic heterocycles. The van der Waals surface area contributed by atoms with E-state index in [0.717, 1.165) is 31.9 Å². The van der Waals surface area contributed by atoms with Crippen LogP contribution in [0.25, 0.3) is 0 Å². The van der Waals surface area contributed by atoms with Crippen molar-refractivity contribution in [2.24, 2.45) is 0 Å². The third-order valence-corrected chi connectivity index (χ3v) is 3.69. The van der Waals surface area contributed by atoms with E-state index in [2.05, 4.69) is 29.7 Å². The number of rotatable bonds is 2. The highest BCUT2D eigenvalue weighted by Gasteiger charge is 2.22. The van der Waals surface area contributed by atoms with Gasteiger partial charge < -0.3 is 10.6 Å². The zero-order valence-corrected chi connectivity index (χ0v) is 11.1. The van der Waals surface area contributed by atoms with Crippen LogP contribution < -0.4 is 10.6 Å². The van der Waals surface area contributed by atoms with Crippen LogP contribution in [-0.4, -0.2) is 37.1 Å². The Bertz CT molecular complexity index is 463. The van der Waals surface area contributed by atoms with Gasteiger partial charge in [-0.3, -0.25) is 4.90 Å². The predicted molar refractivity (Wildman–Crippen MR) is 74.5 cm³/mol. The fourth-order valence-electron chi connectivity index (χ4n) is 2.55. The van der Waals surface area contributed by atoms with Crippen molar-refractivity contribution in [3.63, 3.8) is 0 Å². The van der Waals surface area contributed by atoms with E-state index in [1.807, 2.05) is 18.2 Å². The largest absolute Gasteiger partial charge is 0.398 e. The van der Waals surface area contributed by atoms with Gasteiger partial charge in [0, 0.05) is 31.4 Å². The number of hydrogen-bond acceptors (Lipinski definition) is 4. The highest BCUT2D eigenvalue weighted by molar-refractivity contribution is 5.63. The van der Waals surface area contributed by atoms with Crippen LogP contribution in [0.15, 0.2) is 18.2 Å². The summed E-state index contributed by atoms with van der Waals surface area (Å²) in [5.74, 6) is 0. The molecule has 1 unspecified atom stereocenters. The summed E-state index contributed by atoms with van der Waals surface area (Å²) < 4.78 is 0. The van der Waals surface area contributed by atoms with Gasteiger partial charge >= 0.3 is 0 Å². The maximum atomic E-state index is 8.88. The number of piperazine rings is 1. The molecule has 1 fully saturated rings. The molecule has 0 amide bonds. The Balaban J connectivity index is 2.14. The number of anilines is 2. The summed E-state index contributed by atoms with van der Waals surface area (Å²) in [4.78, 5) is 4.82. The highest BCUT2D eigenvalue weighted by atomic mass is 15.3. The van der Waals surface area contributed by atoms with E-state index in [9.17, 15) is 0 Å². The van der Waals surface area contributed by atoms with Gasteiger partial charge in [0.15, 0.2) is 0 Å². The molecule has 4 nitrogen and oxygen atoms in total. The molecule has 0 aliphatic carbocycles. The lowest BCUT2D eigenvalue weighted by Gasteiger charge is -2.40. The van der Waals surface area contributed by atoms with Gasteiger partial charge in [-0.25, -0.2) is 0 Å². The molecule has 1 atom stereocenters. The van der Waals surface area contributed by atoms with Crippen molar-refractivity contribution in [3.05, 3.63) is 23.8 Å². The number of benzene rings is 1. The Hall–Kier alpha value is -1.73. The van der Waals surface area contributed by atoms with Gasteiger partial charge in [0.2, 0.25) is 0 Å². The molecule has 0 radical (unpaired) electrons. The van der Waals surface area contributed by atoms with Crippen LogP contribution in [0.3, 0.4) is 0 Å². The molecule has 96 valence electrons. The molecular formula is C14H20N4. The average molecular weight is 244 g/mol. The highest BCUT2D eigenvalue weighted by Crippen LogP contribution is 2.23. The Morgan fingerprint density at radius 2 is 2.22 bits per heavy atom. The van der Waals surface area contributed by atoms with Gasteiger partial charge in [0.05, 0.1) is 11.3 Å². The van der Waals surface area contributed by atoms with E-state index in [1.165, 1.54) is 0 Å². The smallest absolute Gasteiger partial charge is 0.101 e. The third-order valence-electron chi connectivity index (χ3n) is 3.69. The van der Waals surface area contributed by atoms with Gasteiger partial charge in [-0.2, -0.15) is 5.26 Å². The van der Waals surface area contributed by atoms with Crippen molar-refractivity contribution < 1.29 is 0 Å². The first kappa shape index (κ1) is 12.7. The number of hydrogen-bond donors (Lipinski definition) is 1. The minimum atomic E-state index is 0.555. The first-order chi connectivity index (χ1) is 8.65. The standard InChI is InChI=1S/C14H20N4/c1-3-17-6-7-18(10-11(17)2)13-5-4-12(9-15)14(16)8-13/h4-5,8,11H,3,6-7,10,16H2,1-2H3. The van der Waals surface area contributed by atoms with Gasteiger partial charge in [0.25, 0.3) is 0 Å². The first-order valence-corrected chi connectivity index (χ1v) is 6.44. The zero-order valence-electron chi connectivity index (χ0n) is 11.1. The second-order valence-electron chi connectivity index (χ2n) is 4.81. The van der Waals surface area contributed by atoms with Crippen molar-refractivity contribution in [3.8, 4) is 6.07 Å². The van der Waals surface area contributed by atoms with E-state index in [-0.39, 0.29) is 0 Å². The molecule has 0 bridgehead atoms. The number of likely N-dealkylation sites (N-methyl/N-ethyl adjacent to an activating group) is 1. The van der Waals surface area contributed by atoms with Crippen molar-refractivity contribution in [2.45, 2.75) is 19.9 Å². The van der Waals surface area contributed by atoms with E-state index >= 15 is 0 Å². The van der Waals surface area contributed by atoms with Gasteiger partial charge in [-0.1, -0.05) is 6.92 Å². The predicted octanol–water partition coefficient (Wildman–Crippen LogP) is 1.67. The Morgan fingerprint density at radius 3 is 2.78 bits per heavy atom. The number of nitriles is 1. The summed E-state index contributed by atoms with van der Waals surface area (Å²) in [6, 6.07) is 8.36. The Kier molecular flexibility index (Phi) is 3.73. The van der Waals surface area contributed by atoms with Crippen LogP contribution in [0.2, 0.25) is 0 Å². The Morgan fingerprint density at radius 1 is 1.44 bits per heavy atom. The second-order valence-corrected chi connectivity index (χ2v) is 4.81. The van der Waals surface area contributed by atoms with Crippen LogP contribution in [0.4, 0.5) is 11.4 Å². The summed E-state index contributed by atoms with van der Waals surface area (Å²) in [6.45, 7) is 8.67. The molecule has 4 heteroatoms. The van der Waals surface area contributed by atoms with Crippen LogP contribution in [0, 0.1) is 11.3 Å². The molecule has 1 aliphatic rings. The summed E-state index contributed by atoms with van der Waals surface area (Å²) in [7, 11) is 0. The van der Waals surface area contributed by atoms with Crippen LogP contribution in [-0.2, 0) is 0 Å². The van der Waals surface area contributed by atoms with E-state index in [0.29, 0.717) is 17.3 Å². The summed E-state index contributed by atoms with van der Waals surface area (Å²) in [6.07, 6.45) is 0. The number of nitrogens with two attached hydrogens (primary N) is 1. The SMILES string of the molecule is CCN1CCN(c2ccc(C#N)c(N)c2)CC1C. The van der Waals surface area contributed by atoms with Crippen molar-refractivity contribution in [2.75, 3.05) is 36.8 Å². The fourth-order valence-corrected chi connectivity index (χ4v) is 2.55. The minimum absolute atomic E-state index is 0.555. The summed E-state index contributed by atoms with van der Waals surface area (Å²) >= 11 is 0. The molecule has 0 saturated carbocycles. The maximum Gasteiger partial charge on any atom is 0.101 e. The average Bonchev–Trinajstić information content (AvgIpc) is 2.38. The third kappa shape index (κ3) is 2.41. The van der Waals surface area contributed by atoms with E-state index in [4.69, 9.17) is 11.0 Å². The fraction of sp³-hybridized carbons (Fsp3) is 0.500. The maximum absolute atomic E-state index is 8.88. The minimum Gasteiger partial charge on any atom is -0.398 e. The monoisotopic (exact) mass is 244 g/mol. The second kappa shape index (κ2) is 5.28. The zero-order chi connectivity index (χ0) is 13.1.